The lowest BCUT2D eigenvalue weighted by Gasteiger charge is -2.18. The van der Waals surface area contributed by atoms with Crippen molar-refractivity contribution in [3.05, 3.63) is 54.1 Å². The van der Waals surface area contributed by atoms with E-state index in [-0.39, 0.29) is 0 Å². The van der Waals surface area contributed by atoms with Gasteiger partial charge in [-0.05, 0) is 34.9 Å². The van der Waals surface area contributed by atoms with Crippen molar-refractivity contribution in [3.8, 4) is 16.9 Å². The molecule has 2 N–H and O–H groups in total. The molecule has 1 aliphatic rings. The molecule has 0 amide bonds. The lowest BCUT2D eigenvalue weighted by atomic mass is 10.0. The summed E-state index contributed by atoms with van der Waals surface area (Å²) in [5.41, 5.74) is 3.10. The highest BCUT2D eigenvalue weighted by atomic mass is 32.2. The summed E-state index contributed by atoms with van der Waals surface area (Å²) in [5, 5.41) is 11.5. The van der Waals surface area contributed by atoms with E-state index in [1.807, 2.05) is 41.6 Å². The van der Waals surface area contributed by atoms with Crippen molar-refractivity contribution in [2.45, 2.75) is 6.54 Å². The fraction of sp³-hybridized carbons (Fsp3) is 0.118. The number of nitrogens with zero attached hydrogens (tertiary/aromatic N) is 3. The second-order valence-corrected chi connectivity index (χ2v) is 6.88. The predicted octanol–water partition coefficient (Wildman–Crippen LogP) is 2.07. The van der Waals surface area contributed by atoms with Gasteiger partial charge in [-0.2, -0.15) is 5.10 Å². The topological polar surface area (TPSA) is 80.3 Å². The number of hydrazone groups is 1. The fourth-order valence-corrected chi connectivity index (χ4v) is 2.82. The zero-order chi connectivity index (χ0) is 17.0. The first-order valence-electron chi connectivity index (χ1n) is 7.32. The largest absolute Gasteiger partial charge is 0.398 e. The molecule has 1 aliphatic heterocycles. The summed E-state index contributed by atoms with van der Waals surface area (Å²) in [4.78, 5) is 3.96. The smallest absolute Gasteiger partial charge is 0.180 e. The maximum absolute atomic E-state index is 11.5. The molecule has 1 atom stereocenters. The average molecular weight is 342 g/mol. The Balaban J connectivity index is 1.82. The number of hydrogen-bond donors (Lipinski definition) is 1. The minimum Gasteiger partial charge on any atom is -0.398 e. The molecule has 2 aromatic carbocycles. The molecule has 1 unspecified atom stereocenters. The second kappa shape index (κ2) is 6.86. The van der Waals surface area contributed by atoms with Crippen LogP contribution in [-0.2, 0) is 16.5 Å². The molecule has 0 radical (unpaired) electrons. The van der Waals surface area contributed by atoms with Crippen LogP contribution < -0.4 is 9.32 Å². The Morgan fingerprint density at radius 1 is 1.21 bits per heavy atom. The van der Waals surface area contributed by atoms with Gasteiger partial charge in [-0.15, -0.1) is 0 Å². The van der Waals surface area contributed by atoms with Crippen LogP contribution in [0.4, 0.5) is 0 Å². The average Bonchev–Trinajstić information content (AvgIpc) is 2.55. The normalized spacial score (nSPS) is 16.0. The van der Waals surface area contributed by atoms with Gasteiger partial charge < -0.3 is 4.18 Å². The van der Waals surface area contributed by atoms with Gasteiger partial charge in [0, 0.05) is 12.1 Å². The number of rotatable bonds is 5. The van der Waals surface area contributed by atoms with Crippen molar-refractivity contribution in [2.75, 3.05) is 6.54 Å². The summed E-state index contributed by atoms with van der Waals surface area (Å²) in [6.07, 6.45) is 3.36. The van der Waals surface area contributed by atoms with E-state index >= 15 is 0 Å². The number of benzene rings is 2. The maximum Gasteiger partial charge on any atom is 0.180 e. The molecule has 0 bridgehead atoms. The molecule has 0 saturated heterocycles. The molecule has 124 valence electrons. The highest BCUT2D eigenvalue weighted by Crippen LogP contribution is 2.25. The van der Waals surface area contributed by atoms with Gasteiger partial charge in [-0.25, -0.2) is 14.3 Å². The third-order valence-electron chi connectivity index (χ3n) is 3.38. The minimum atomic E-state index is -3.04. The molecule has 6 nitrogen and oxygen atoms in total. The summed E-state index contributed by atoms with van der Waals surface area (Å²) in [6.45, 7) is 1.39. The van der Waals surface area contributed by atoms with Crippen LogP contribution in [0, 0.1) is 0 Å². The summed E-state index contributed by atoms with van der Waals surface area (Å²) >= 11 is 0. The number of nitrogens with two attached hydrogens (primary N) is 1. The fourth-order valence-electron chi connectivity index (χ4n) is 2.39. The van der Waals surface area contributed by atoms with Crippen molar-refractivity contribution in [1.82, 2.24) is 5.01 Å². The Bertz CT molecular complexity index is 891. The number of aliphatic imine (C=N–C) groups is 1. The molecule has 0 spiro atoms. The highest BCUT2D eigenvalue weighted by molar-refractivity contribution is 7.94. The molecular weight excluding hydrogens is 324 g/mol. The summed E-state index contributed by atoms with van der Waals surface area (Å²) < 4.78 is 16.7. The van der Waals surface area contributed by atoms with Crippen molar-refractivity contribution in [3.63, 3.8) is 0 Å². The molecule has 2 aromatic rings. The monoisotopic (exact) mass is 342 g/mol. The zero-order valence-corrected chi connectivity index (χ0v) is 13.9. The first-order chi connectivity index (χ1) is 11.5. The van der Waals surface area contributed by atoms with E-state index in [1.165, 1.54) is 6.34 Å². The van der Waals surface area contributed by atoms with Gasteiger partial charge in [0.2, 0.25) is 0 Å². The van der Waals surface area contributed by atoms with E-state index in [0.29, 0.717) is 18.8 Å². The van der Waals surface area contributed by atoms with Gasteiger partial charge in [-0.1, -0.05) is 30.3 Å². The van der Waals surface area contributed by atoms with Crippen molar-refractivity contribution >= 4 is 28.4 Å². The Labute approximate surface area is 141 Å². The van der Waals surface area contributed by atoms with Crippen molar-refractivity contribution < 1.29 is 8.39 Å². The van der Waals surface area contributed by atoms with Gasteiger partial charge in [0.25, 0.3) is 0 Å². The Hall–Kier alpha value is -2.64. The maximum atomic E-state index is 11.5. The van der Waals surface area contributed by atoms with Crippen LogP contribution in [0.5, 0.6) is 5.75 Å². The molecule has 1 heterocycles. The molecule has 0 aromatic heterocycles. The van der Waals surface area contributed by atoms with E-state index in [1.54, 1.807) is 12.1 Å². The third-order valence-corrected chi connectivity index (χ3v) is 3.85. The number of hydrogen-bond acceptors (Lipinski definition) is 5. The molecule has 7 heteroatoms. The highest BCUT2D eigenvalue weighted by Gasteiger charge is 2.07. The molecular formula is C17H18N4O2S. The first kappa shape index (κ1) is 16.2. The van der Waals surface area contributed by atoms with Crippen LogP contribution in [0.25, 0.3) is 11.1 Å². The Kier molecular flexibility index (Phi) is 4.64. The van der Waals surface area contributed by atoms with Crippen LogP contribution in [0.1, 0.15) is 5.56 Å². The second-order valence-electron chi connectivity index (χ2n) is 5.38. The van der Waals surface area contributed by atoms with E-state index in [9.17, 15) is 4.21 Å². The van der Waals surface area contributed by atoms with Gasteiger partial charge in [0.15, 0.2) is 9.99 Å². The van der Waals surface area contributed by atoms with Crippen LogP contribution in [0.3, 0.4) is 0 Å². The quantitative estimate of drug-likeness (QED) is 0.845. The van der Waals surface area contributed by atoms with Crippen LogP contribution in [0.2, 0.25) is 0 Å². The van der Waals surface area contributed by atoms with Crippen molar-refractivity contribution in [2.24, 2.45) is 15.2 Å². The van der Waals surface area contributed by atoms with Gasteiger partial charge in [0.1, 0.15) is 12.1 Å². The van der Waals surface area contributed by atoms with Crippen molar-refractivity contribution in [1.29, 1.82) is 0 Å². The van der Waals surface area contributed by atoms with E-state index < -0.39 is 9.99 Å². The Morgan fingerprint density at radius 2 is 1.96 bits per heavy atom. The standard InChI is InChI=1S/C17H18N4O2S/c1-24(18,22)23-17-7-3-6-16(11-17)15-5-2-4-14(10-15)12-21-9-8-19-13-20-21/h2-8,10-11,13H,1,9,12H2,(H2,18,22). The third kappa shape index (κ3) is 4.43. The first-order valence-corrected chi connectivity index (χ1v) is 9.04. The Morgan fingerprint density at radius 3 is 2.67 bits per heavy atom. The lowest BCUT2D eigenvalue weighted by Crippen LogP contribution is -2.21. The van der Waals surface area contributed by atoms with Gasteiger partial charge in [0.05, 0.1) is 13.1 Å². The zero-order valence-electron chi connectivity index (χ0n) is 13.0. The minimum absolute atomic E-state index is 0.428. The van der Waals surface area contributed by atoms with Crippen LogP contribution in [0.15, 0.2) is 58.6 Å². The molecule has 0 aliphatic carbocycles. The molecule has 0 fully saturated rings. The van der Waals surface area contributed by atoms with E-state index in [0.717, 1.165) is 16.7 Å². The molecule has 0 saturated carbocycles. The SMILES string of the molecule is C=S(N)(=O)Oc1cccc(-c2cccc(CN3CC=NC=N3)c2)c1. The summed E-state index contributed by atoms with van der Waals surface area (Å²) in [6, 6.07) is 15.4. The van der Waals surface area contributed by atoms with E-state index in [4.69, 9.17) is 9.32 Å². The van der Waals surface area contributed by atoms with Gasteiger partial charge in [-0.3, -0.25) is 5.01 Å². The summed E-state index contributed by atoms with van der Waals surface area (Å²) in [7, 11) is -3.04. The lowest BCUT2D eigenvalue weighted by molar-refractivity contribution is 0.322. The molecule has 3 rings (SSSR count). The van der Waals surface area contributed by atoms with E-state index in [2.05, 4.69) is 22.0 Å². The summed E-state index contributed by atoms with van der Waals surface area (Å²) in [5.74, 6) is 3.73. The van der Waals surface area contributed by atoms with Crippen LogP contribution >= 0.6 is 0 Å². The van der Waals surface area contributed by atoms with Crippen LogP contribution in [-0.4, -0.2) is 34.2 Å². The molecule has 24 heavy (non-hydrogen) atoms. The van der Waals surface area contributed by atoms with Gasteiger partial charge >= 0.3 is 0 Å². The predicted molar refractivity (Wildman–Crippen MR) is 99.4 cm³/mol.